The van der Waals surface area contributed by atoms with Crippen LogP contribution in [0.2, 0.25) is 0 Å². The maximum absolute atomic E-state index is 12.4. The van der Waals surface area contributed by atoms with Crippen molar-refractivity contribution in [1.29, 1.82) is 0 Å². The summed E-state index contributed by atoms with van der Waals surface area (Å²) in [5, 5.41) is 3.77. The zero-order valence-corrected chi connectivity index (χ0v) is 19.6. The lowest BCUT2D eigenvalue weighted by atomic mass is 9.90. The first kappa shape index (κ1) is 23.3. The van der Waals surface area contributed by atoms with Gasteiger partial charge in [0.05, 0.1) is 0 Å². The van der Waals surface area contributed by atoms with Gasteiger partial charge >= 0.3 is 6.09 Å². The summed E-state index contributed by atoms with van der Waals surface area (Å²) in [7, 11) is 1.87. The van der Waals surface area contributed by atoms with E-state index in [9.17, 15) is 4.79 Å². The molecule has 5 nitrogen and oxygen atoms in total. The van der Waals surface area contributed by atoms with Crippen LogP contribution in [0.5, 0.6) is 0 Å². The van der Waals surface area contributed by atoms with Gasteiger partial charge in [-0.15, -0.1) is 0 Å². The van der Waals surface area contributed by atoms with Crippen molar-refractivity contribution in [2.24, 2.45) is 0 Å². The Morgan fingerprint density at radius 2 is 1.74 bits per heavy atom. The van der Waals surface area contributed by atoms with Crippen LogP contribution in [-0.4, -0.2) is 40.7 Å². The van der Waals surface area contributed by atoms with Crippen molar-refractivity contribution < 1.29 is 9.53 Å². The van der Waals surface area contributed by atoms with Crippen molar-refractivity contribution in [1.82, 2.24) is 15.2 Å². The van der Waals surface area contributed by atoms with Crippen molar-refractivity contribution in [2.75, 3.05) is 7.05 Å². The maximum Gasteiger partial charge on any atom is 0.410 e. The molecule has 31 heavy (non-hydrogen) atoms. The third-order valence-corrected chi connectivity index (χ3v) is 6.11. The molecule has 0 spiro atoms. The highest BCUT2D eigenvalue weighted by Gasteiger charge is 2.29. The molecule has 2 aromatic rings. The van der Waals surface area contributed by atoms with E-state index in [2.05, 4.69) is 47.6 Å². The number of hydrogen-bond acceptors (Lipinski definition) is 4. The van der Waals surface area contributed by atoms with E-state index < -0.39 is 5.60 Å². The van der Waals surface area contributed by atoms with Gasteiger partial charge in [0, 0.05) is 38.1 Å². The fraction of sp³-hybridized carbons (Fsp3) is 0.538. The van der Waals surface area contributed by atoms with Crippen LogP contribution in [0.4, 0.5) is 4.79 Å². The van der Waals surface area contributed by atoms with Gasteiger partial charge in [0.2, 0.25) is 0 Å². The summed E-state index contributed by atoms with van der Waals surface area (Å²) in [6.07, 6.45) is 8.65. The van der Waals surface area contributed by atoms with Crippen molar-refractivity contribution >= 4 is 6.09 Å². The monoisotopic (exact) mass is 423 g/mol. The minimum absolute atomic E-state index is 0.218. The molecule has 1 N–H and O–H groups in total. The highest BCUT2D eigenvalue weighted by molar-refractivity contribution is 5.68. The molecule has 1 heterocycles. The molecule has 1 saturated carbocycles. The summed E-state index contributed by atoms with van der Waals surface area (Å²) in [6, 6.07) is 11.6. The van der Waals surface area contributed by atoms with Gasteiger partial charge in [-0.3, -0.25) is 4.98 Å². The van der Waals surface area contributed by atoms with E-state index in [1.54, 1.807) is 4.90 Å². The number of aryl methyl sites for hydroxylation is 1. The van der Waals surface area contributed by atoms with Gasteiger partial charge in [-0.1, -0.05) is 19.1 Å². The minimum atomic E-state index is -0.452. The third-order valence-electron chi connectivity index (χ3n) is 6.11. The number of nitrogens with zero attached hydrogens (tertiary/aromatic N) is 2. The summed E-state index contributed by atoms with van der Waals surface area (Å²) in [5.74, 6) is 0. The lowest BCUT2D eigenvalue weighted by Crippen LogP contribution is -2.44. The molecule has 1 aliphatic rings. The smallest absolute Gasteiger partial charge is 0.410 e. The zero-order valence-electron chi connectivity index (χ0n) is 19.6. The van der Waals surface area contributed by atoms with Gasteiger partial charge in [-0.2, -0.15) is 0 Å². The Hall–Kier alpha value is -2.40. The first-order valence-electron chi connectivity index (χ1n) is 11.5. The quantitative estimate of drug-likeness (QED) is 0.659. The summed E-state index contributed by atoms with van der Waals surface area (Å²) in [6.45, 7) is 8.82. The first-order valence-corrected chi connectivity index (χ1v) is 11.5. The highest BCUT2D eigenvalue weighted by atomic mass is 16.6. The highest BCUT2D eigenvalue weighted by Crippen LogP contribution is 2.26. The number of amides is 1. The first-order chi connectivity index (χ1) is 14.8. The molecule has 1 aliphatic carbocycles. The number of aromatic nitrogens is 1. The van der Waals surface area contributed by atoms with Crippen LogP contribution in [0.1, 0.15) is 64.5 Å². The predicted molar refractivity (Wildman–Crippen MR) is 126 cm³/mol. The standard InChI is InChI=1S/C26H37N3O2/c1-6-19-7-8-21(20-13-15-27-16-14-20)17-22(19)18-28-23-9-11-24(12-10-23)29(5)25(30)31-26(2,3)4/h7-8,13-17,23-24,28H,6,9-12,18H2,1-5H3. The zero-order chi connectivity index (χ0) is 22.4. The summed E-state index contributed by atoms with van der Waals surface area (Å²) >= 11 is 0. The van der Waals surface area contributed by atoms with E-state index in [0.29, 0.717) is 6.04 Å². The van der Waals surface area contributed by atoms with Crippen LogP contribution in [0, 0.1) is 0 Å². The van der Waals surface area contributed by atoms with Crippen molar-refractivity contribution in [3.05, 3.63) is 53.9 Å². The number of pyridine rings is 1. The minimum Gasteiger partial charge on any atom is -0.444 e. The average molecular weight is 424 g/mol. The Morgan fingerprint density at radius 1 is 1.06 bits per heavy atom. The molecule has 0 bridgehead atoms. The second-order valence-electron chi connectivity index (χ2n) is 9.55. The predicted octanol–water partition coefficient (Wildman–Crippen LogP) is 5.58. The van der Waals surface area contributed by atoms with Crippen molar-refractivity contribution in [3.8, 4) is 11.1 Å². The second-order valence-corrected chi connectivity index (χ2v) is 9.55. The molecule has 3 rings (SSSR count). The second kappa shape index (κ2) is 10.3. The lowest BCUT2D eigenvalue weighted by molar-refractivity contribution is 0.0179. The molecular formula is C26H37N3O2. The Labute approximate surface area is 187 Å². The lowest BCUT2D eigenvalue weighted by Gasteiger charge is -2.36. The van der Waals surface area contributed by atoms with Gasteiger partial charge in [0.1, 0.15) is 5.60 Å². The topological polar surface area (TPSA) is 54.5 Å². The van der Waals surface area contributed by atoms with E-state index >= 15 is 0 Å². The maximum atomic E-state index is 12.4. The number of ether oxygens (including phenoxy) is 1. The Balaban J connectivity index is 1.55. The molecule has 0 saturated heterocycles. The van der Waals surface area contributed by atoms with Gasteiger partial charge in [0.15, 0.2) is 0 Å². The molecule has 1 fully saturated rings. The number of benzene rings is 1. The molecule has 0 radical (unpaired) electrons. The van der Waals surface area contributed by atoms with Gasteiger partial charge in [0.25, 0.3) is 0 Å². The number of nitrogens with one attached hydrogen (secondary N) is 1. The molecule has 168 valence electrons. The van der Waals surface area contributed by atoms with Crippen LogP contribution in [0.25, 0.3) is 11.1 Å². The third kappa shape index (κ3) is 6.54. The van der Waals surface area contributed by atoms with E-state index in [0.717, 1.165) is 38.6 Å². The van der Waals surface area contributed by atoms with E-state index in [-0.39, 0.29) is 12.1 Å². The van der Waals surface area contributed by atoms with Gasteiger partial charge < -0.3 is 15.0 Å². The van der Waals surface area contributed by atoms with Crippen LogP contribution < -0.4 is 5.32 Å². The fourth-order valence-electron chi connectivity index (χ4n) is 4.26. The normalized spacial score (nSPS) is 19.1. The summed E-state index contributed by atoms with van der Waals surface area (Å²) in [5.41, 5.74) is 4.74. The number of carbonyl (C=O) groups is 1. The summed E-state index contributed by atoms with van der Waals surface area (Å²) in [4.78, 5) is 18.3. The van der Waals surface area contributed by atoms with E-state index in [1.807, 2.05) is 40.2 Å². The molecule has 1 aromatic heterocycles. The summed E-state index contributed by atoms with van der Waals surface area (Å²) < 4.78 is 5.53. The molecule has 5 heteroatoms. The SMILES string of the molecule is CCc1ccc(-c2ccncc2)cc1CNC1CCC(N(C)C(=O)OC(C)(C)C)CC1. The number of carbonyl (C=O) groups excluding carboxylic acids is 1. The van der Waals surface area contributed by atoms with E-state index in [1.165, 1.54) is 22.3 Å². The average Bonchev–Trinajstić information content (AvgIpc) is 2.76. The van der Waals surface area contributed by atoms with Crippen LogP contribution >= 0.6 is 0 Å². The Morgan fingerprint density at radius 3 is 2.35 bits per heavy atom. The van der Waals surface area contributed by atoms with Crippen molar-refractivity contribution in [3.63, 3.8) is 0 Å². The molecule has 0 unspecified atom stereocenters. The molecule has 0 aliphatic heterocycles. The Bertz CT molecular complexity index is 853. The fourth-order valence-corrected chi connectivity index (χ4v) is 4.26. The Kier molecular flexibility index (Phi) is 7.71. The van der Waals surface area contributed by atoms with Crippen LogP contribution in [0.15, 0.2) is 42.7 Å². The van der Waals surface area contributed by atoms with Gasteiger partial charge in [-0.05, 0) is 93.3 Å². The largest absolute Gasteiger partial charge is 0.444 e. The molecule has 1 aromatic carbocycles. The molecule has 1 amide bonds. The van der Waals surface area contributed by atoms with Crippen molar-refractivity contribution in [2.45, 2.75) is 84.0 Å². The number of hydrogen-bond donors (Lipinski definition) is 1. The van der Waals surface area contributed by atoms with Crippen LogP contribution in [-0.2, 0) is 17.7 Å². The number of rotatable bonds is 6. The molecule has 0 atom stereocenters. The van der Waals surface area contributed by atoms with E-state index in [4.69, 9.17) is 4.74 Å². The van der Waals surface area contributed by atoms with Gasteiger partial charge in [-0.25, -0.2) is 4.79 Å². The molecular weight excluding hydrogens is 386 g/mol. The van der Waals surface area contributed by atoms with Crippen LogP contribution in [0.3, 0.4) is 0 Å².